The van der Waals surface area contributed by atoms with Gasteiger partial charge in [-0.25, -0.2) is 0 Å². The molecule has 0 heterocycles. The van der Waals surface area contributed by atoms with Crippen molar-refractivity contribution in [3.05, 3.63) is 83.9 Å². The lowest BCUT2D eigenvalue weighted by atomic mass is 9.83. The SMILES string of the molecule is [N-]=[N+]=NCCOc1cccc2c1C(=O)c1c(OCCN=[N+]=[N-])cc(NC(=O)CN=[N+]=[N-])cc1C2=S. The molecule has 0 aliphatic heterocycles. The van der Waals surface area contributed by atoms with E-state index in [1.165, 1.54) is 12.1 Å². The van der Waals surface area contributed by atoms with E-state index in [0.29, 0.717) is 16.0 Å². The lowest BCUT2D eigenvalue weighted by molar-refractivity contribution is -0.114. The Bertz CT molecular complexity index is 1340. The molecule has 0 saturated carbocycles. The lowest BCUT2D eigenvalue weighted by Gasteiger charge is -2.25. The van der Waals surface area contributed by atoms with Crippen molar-refractivity contribution in [2.75, 3.05) is 38.2 Å². The molecule has 1 aliphatic rings. The molecule has 1 amide bonds. The number of thiocarbonyl (C=S) groups is 1. The molecule has 0 aromatic heterocycles. The van der Waals surface area contributed by atoms with Gasteiger partial charge in [-0.3, -0.25) is 9.59 Å². The van der Waals surface area contributed by atoms with Gasteiger partial charge >= 0.3 is 0 Å². The van der Waals surface area contributed by atoms with Crippen molar-refractivity contribution >= 4 is 34.5 Å². The van der Waals surface area contributed by atoms with Crippen molar-refractivity contribution in [2.24, 2.45) is 15.3 Å². The van der Waals surface area contributed by atoms with Crippen LogP contribution in [0.3, 0.4) is 0 Å². The quantitative estimate of drug-likeness (QED) is 0.133. The molecular formula is C20H16N10O4S. The second-order valence-electron chi connectivity index (χ2n) is 6.78. The monoisotopic (exact) mass is 492 g/mol. The van der Waals surface area contributed by atoms with E-state index in [-0.39, 0.29) is 54.6 Å². The number of rotatable bonds is 11. The Labute approximate surface area is 202 Å². The molecule has 0 spiro atoms. The summed E-state index contributed by atoms with van der Waals surface area (Å²) in [6, 6.07) is 7.91. The number of nitrogens with one attached hydrogen (secondary N) is 1. The van der Waals surface area contributed by atoms with Crippen molar-refractivity contribution in [1.29, 1.82) is 0 Å². The first-order valence-electron chi connectivity index (χ1n) is 10.00. The van der Waals surface area contributed by atoms with Crippen LogP contribution >= 0.6 is 12.2 Å². The van der Waals surface area contributed by atoms with Gasteiger partial charge in [0.05, 0.1) is 42.3 Å². The number of amides is 1. The second-order valence-corrected chi connectivity index (χ2v) is 7.19. The van der Waals surface area contributed by atoms with E-state index in [9.17, 15) is 9.59 Å². The number of carbonyl (C=O) groups is 2. The van der Waals surface area contributed by atoms with Crippen molar-refractivity contribution in [3.63, 3.8) is 0 Å². The van der Waals surface area contributed by atoms with Crippen LogP contribution in [0.2, 0.25) is 0 Å². The molecule has 35 heavy (non-hydrogen) atoms. The van der Waals surface area contributed by atoms with Crippen molar-refractivity contribution in [1.82, 2.24) is 0 Å². The van der Waals surface area contributed by atoms with Crippen LogP contribution < -0.4 is 14.8 Å². The Morgan fingerprint density at radius 3 is 2.20 bits per heavy atom. The molecule has 0 fully saturated rings. The zero-order valence-electron chi connectivity index (χ0n) is 18.0. The molecule has 0 radical (unpaired) electrons. The number of hydrogen-bond donors (Lipinski definition) is 1. The van der Waals surface area contributed by atoms with Crippen molar-refractivity contribution in [3.8, 4) is 11.5 Å². The fourth-order valence-electron chi connectivity index (χ4n) is 3.34. The van der Waals surface area contributed by atoms with E-state index in [2.05, 4.69) is 35.4 Å². The third-order valence-corrected chi connectivity index (χ3v) is 5.10. The third kappa shape index (κ3) is 5.77. The first kappa shape index (κ1) is 24.8. The van der Waals surface area contributed by atoms with Crippen LogP contribution in [0.5, 0.6) is 11.5 Å². The van der Waals surface area contributed by atoms with Crippen molar-refractivity contribution in [2.45, 2.75) is 0 Å². The van der Waals surface area contributed by atoms with Gasteiger partial charge in [-0.05, 0) is 28.7 Å². The molecule has 1 aliphatic carbocycles. The Hall–Kier alpha value is -4.80. The normalized spacial score (nSPS) is 11.1. The lowest BCUT2D eigenvalue weighted by Crippen LogP contribution is -2.24. The standard InChI is InChI=1S/C20H16N10O4S/c21-28-24-4-6-33-14-3-1-2-12-17(14)19(32)18-13(20(12)35)8-11(27-16(31)10-26-30-23)9-15(18)34-7-5-25-29-22/h1-3,8-9H,4-7,10H2,(H,27,31). The molecule has 14 nitrogen and oxygen atoms in total. The maximum absolute atomic E-state index is 13.6. The maximum Gasteiger partial charge on any atom is 0.230 e. The van der Waals surface area contributed by atoms with Gasteiger partial charge in [0.25, 0.3) is 0 Å². The van der Waals surface area contributed by atoms with Gasteiger partial charge < -0.3 is 14.8 Å². The van der Waals surface area contributed by atoms with E-state index in [1.54, 1.807) is 18.2 Å². The number of fused-ring (bicyclic) bond motifs is 2. The molecule has 2 aromatic carbocycles. The van der Waals surface area contributed by atoms with E-state index in [4.69, 9.17) is 38.3 Å². The van der Waals surface area contributed by atoms with Gasteiger partial charge in [-0.2, -0.15) is 0 Å². The molecular weight excluding hydrogens is 476 g/mol. The predicted molar refractivity (Wildman–Crippen MR) is 129 cm³/mol. The summed E-state index contributed by atoms with van der Waals surface area (Å²) in [4.78, 5) is 33.9. The van der Waals surface area contributed by atoms with E-state index in [1.807, 2.05) is 0 Å². The number of anilines is 1. The first-order chi connectivity index (χ1) is 17.0. The number of ketones is 1. The Balaban J connectivity index is 2.05. The fourth-order valence-corrected chi connectivity index (χ4v) is 3.67. The molecule has 0 unspecified atom stereocenters. The summed E-state index contributed by atoms with van der Waals surface area (Å²) in [7, 11) is 0. The highest BCUT2D eigenvalue weighted by molar-refractivity contribution is 7.81. The molecule has 3 rings (SSSR count). The van der Waals surface area contributed by atoms with Gasteiger partial charge in [-0.1, -0.05) is 39.7 Å². The van der Waals surface area contributed by atoms with Crippen LogP contribution in [0.4, 0.5) is 5.69 Å². The topological polar surface area (TPSA) is 211 Å². The van der Waals surface area contributed by atoms with Gasteiger partial charge in [0.1, 0.15) is 18.0 Å². The van der Waals surface area contributed by atoms with Crippen LogP contribution in [0.25, 0.3) is 31.3 Å². The minimum absolute atomic E-state index is 0.00173. The summed E-state index contributed by atoms with van der Waals surface area (Å²) >= 11 is 5.66. The van der Waals surface area contributed by atoms with Crippen molar-refractivity contribution < 1.29 is 19.1 Å². The molecule has 1 N–H and O–H groups in total. The summed E-state index contributed by atoms with van der Waals surface area (Å²) in [5, 5.41) is 12.6. The Morgan fingerprint density at radius 1 is 0.914 bits per heavy atom. The summed E-state index contributed by atoms with van der Waals surface area (Å²) in [6.45, 7) is -0.337. The Kier molecular flexibility index (Phi) is 8.43. The molecule has 0 saturated heterocycles. The average Bonchev–Trinajstić information content (AvgIpc) is 2.86. The third-order valence-electron chi connectivity index (χ3n) is 4.66. The molecule has 176 valence electrons. The van der Waals surface area contributed by atoms with Gasteiger partial charge in [0, 0.05) is 37.6 Å². The highest BCUT2D eigenvalue weighted by atomic mass is 32.1. The van der Waals surface area contributed by atoms with E-state index < -0.39 is 18.2 Å². The smallest absolute Gasteiger partial charge is 0.230 e. The number of carbonyl (C=O) groups excluding carboxylic acids is 2. The van der Waals surface area contributed by atoms with Crippen LogP contribution in [0.1, 0.15) is 27.0 Å². The number of benzene rings is 2. The maximum atomic E-state index is 13.6. The van der Waals surface area contributed by atoms with E-state index >= 15 is 0 Å². The van der Waals surface area contributed by atoms with Gasteiger partial charge in [-0.15, -0.1) is 0 Å². The highest BCUT2D eigenvalue weighted by Crippen LogP contribution is 2.39. The summed E-state index contributed by atoms with van der Waals surface area (Å²) in [5.41, 5.74) is 26.8. The largest absolute Gasteiger partial charge is 0.493 e. The summed E-state index contributed by atoms with van der Waals surface area (Å²) < 4.78 is 11.4. The number of ether oxygens (including phenoxy) is 2. The van der Waals surface area contributed by atoms with E-state index in [0.717, 1.165) is 0 Å². The molecule has 0 atom stereocenters. The summed E-state index contributed by atoms with van der Waals surface area (Å²) in [5.74, 6) is -0.627. The number of azide groups is 3. The first-order valence-corrected chi connectivity index (χ1v) is 10.4. The molecule has 2 aromatic rings. The fraction of sp³-hybridized carbons (Fsp3) is 0.250. The van der Waals surface area contributed by atoms with Gasteiger partial charge in [0.15, 0.2) is 0 Å². The zero-order valence-corrected chi connectivity index (χ0v) is 18.8. The summed E-state index contributed by atoms with van der Waals surface area (Å²) in [6.07, 6.45) is 0. The Morgan fingerprint density at radius 2 is 1.54 bits per heavy atom. The second kappa shape index (κ2) is 11.9. The molecule has 15 heteroatoms. The minimum atomic E-state index is -0.577. The minimum Gasteiger partial charge on any atom is -0.493 e. The van der Waals surface area contributed by atoms with Crippen LogP contribution in [-0.2, 0) is 4.79 Å². The van der Waals surface area contributed by atoms with Gasteiger partial charge in [0.2, 0.25) is 11.7 Å². The zero-order chi connectivity index (χ0) is 25.2. The van der Waals surface area contributed by atoms with Crippen LogP contribution in [0.15, 0.2) is 45.7 Å². The van der Waals surface area contributed by atoms with Crippen LogP contribution in [-0.4, -0.2) is 49.4 Å². The van der Waals surface area contributed by atoms with Crippen LogP contribution in [0, 0.1) is 0 Å². The molecule has 0 bridgehead atoms. The number of hydrogen-bond acceptors (Lipinski definition) is 8. The highest BCUT2D eigenvalue weighted by Gasteiger charge is 2.33. The predicted octanol–water partition coefficient (Wildman–Crippen LogP) is 4.62. The average molecular weight is 492 g/mol. The number of nitrogens with zero attached hydrogens (tertiary/aromatic N) is 9.